The zero-order valence-electron chi connectivity index (χ0n) is 22.8. The molecule has 1 saturated heterocycles. The fraction of sp³-hybridized carbons (Fsp3) is 0.414. The summed E-state index contributed by atoms with van der Waals surface area (Å²) in [5.74, 6) is 0.755. The number of rotatable bonds is 9. The van der Waals surface area contributed by atoms with Gasteiger partial charge in [0.2, 0.25) is 0 Å². The number of amides is 1. The number of aromatic nitrogens is 2. The fourth-order valence-electron chi connectivity index (χ4n) is 4.31. The minimum absolute atomic E-state index is 0.266. The van der Waals surface area contributed by atoms with E-state index in [1.807, 2.05) is 65.5 Å². The Morgan fingerprint density at radius 3 is 2.36 bits per heavy atom. The molecule has 0 unspecified atom stereocenters. The molecule has 2 aromatic carbocycles. The standard InChI is InChI=1S/C29H36N4O6/c1-29(2,3)39-28(35)37-25-18-30-24(16-20-10-12-23(36-4)13-11-20)26(25)38-27(34)31-17-21-6-8-22(9-7-21)19-33-15-5-14-32-33/h5-15,24-26,30H,16-19H2,1-4H3,(H,31,34)/t24-,25+,26+/m1/s1. The van der Waals surface area contributed by atoms with E-state index in [4.69, 9.17) is 18.9 Å². The first-order valence-corrected chi connectivity index (χ1v) is 12.9. The quantitative estimate of drug-likeness (QED) is 0.394. The lowest BCUT2D eigenvalue weighted by Crippen LogP contribution is -2.43. The predicted molar refractivity (Wildman–Crippen MR) is 144 cm³/mol. The van der Waals surface area contributed by atoms with Crippen molar-refractivity contribution in [3.63, 3.8) is 0 Å². The first kappa shape index (κ1) is 28.0. The number of methoxy groups -OCH3 is 1. The van der Waals surface area contributed by atoms with Gasteiger partial charge in [-0.3, -0.25) is 4.68 Å². The summed E-state index contributed by atoms with van der Waals surface area (Å²) in [6, 6.07) is 17.2. The van der Waals surface area contributed by atoms with Gasteiger partial charge in [0.1, 0.15) is 11.4 Å². The molecule has 1 fully saturated rings. The van der Waals surface area contributed by atoms with Crippen LogP contribution in [0.15, 0.2) is 67.0 Å². The monoisotopic (exact) mass is 536 g/mol. The average molecular weight is 537 g/mol. The van der Waals surface area contributed by atoms with E-state index in [0.717, 1.165) is 22.4 Å². The number of nitrogens with one attached hydrogen (secondary N) is 2. The first-order chi connectivity index (χ1) is 18.7. The summed E-state index contributed by atoms with van der Waals surface area (Å²) in [5.41, 5.74) is 2.35. The molecule has 1 aromatic heterocycles. The van der Waals surface area contributed by atoms with Crippen LogP contribution in [0.1, 0.15) is 37.5 Å². The van der Waals surface area contributed by atoms with Gasteiger partial charge in [-0.1, -0.05) is 36.4 Å². The number of ether oxygens (including phenoxy) is 4. The highest BCUT2D eigenvalue weighted by Gasteiger charge is 2.42. The highest BCUT2D eigenvalue weighted by atomic mass is 16.7. The second kappa shape index (κ2) is 12.7. The minimum Gasteiger partial charge on any atom is -0.497 e. The normalized spacial score (nSPS) is 18.8. The molecule has 0 saturated carbocycles. The molecule has 4 rings (SSSR count). The summed E-state index contributed by atoms with van der Waals surface area (Å²) < 4.78 is 23.8. The number of nitrogens with zero attached hydrogens (tertiary/aromatic N) is 2. The smallest absolute Gasteiger partial charge is 0.497 e. The van der Waals surface area contributed by atoms with Crippen molar-refractivity contribution in [3.8, 4) is 5.75 Å². The van der Waals surface area contributed by atoms with Gasteiger partial charge in [-0.05, 0) is 62.1 Å². The van der Waals surface area contributed by atoms with Crippen LogP contribution >= 0.6 is 0 Å². The van der Waals surface area contributed by atoms with E-state index < -0.39 is 30.1 Å². The Morgan fingerprint density at radius 2 is 1.72 bits per heavy atom. The number of alkyl carbamates (subject to hydrolysis) is 1. The van der Waals surface area contributed by atoms with Crippen LogP contribution in [-0.4, -0.2) is 59.5 Å². The Kier molecular flexibility index (Phi) is 9.08. The second-order valence-corrected chi connectivity index (χ2v) is 10.4. The van der Waals surface area contributed by atoms with Gasteiger partial charge in [0.15, 0.2) is 12.2 Å². The van der Waals surface area contributed by atoms with Crippen LogP contribution < -0.4 is 15.4 Å². The number of carbonyl (C=O) groups excluding carboxylic acids is 2. The highest BCUT2D eigenvalue weighted by molar-refractivity contribution is 5.67. The van der Waals surface area contributed by atoms with E-state index in [9.17, 15) is 9.59 Å². The van der Waals surface area contributed by atoms with Crippen LogP contribution in [0.5, 0.6) is 5.75 Å². The third kappa shape index (κ3) is 8.47. The molecular weight excluding hydrogens is 500 g/mol. The molecule has 3 atom stereocenters. The van der Waals surface area contributed by atoms with Crippen molar-refractivity contribution in [2.75, 3.05) is 13.7 Å². The third-order valence-electron chi connectivity index (χ3n) is 6.20. The van der Waals surface area contributed by atoms with E-state index in [1.165, 1.54) is 0 Å². The van der Waals surface area contributed by atoms with E-state index in [-0.39, 0.29) is 6.04 Å². The lowest BCUT2D eigenvalue weighted by atomic mass is 10.0. The lowest BCUT2D eigenvalue weighted by Gasteiger charge is -2.26. The van der Waals surface area contributed by atoms with E-state index in [2.05, 4.69) is 15.7 Å². The molecule has 2 heterocycles. The SMILES string of the molecule is COc1ccc(C[C@H]2NC[C@H](OC(=O)OC(C)(C)C)[C@H]2OC(=O)NCc2ccc(Cn3cccn3)cc2)cc1. The van der Waals surface area contributed by atoms with E-state index in [0.29, 0.717) is 26.1 Å². The molecule has 10 nitrogen and oxygen atoms in total. The number of carbonyl (C=O) groups is 2. The summed E-state index contributed by atoms with van der Waals surface area (Å²) in [6.07, 6.45) is 1.41. The van der Waals surface area contributed by atoms with Crippen molar-refractivity contribution in [2.24, 2.45) is 0 Å². The molecule has 1 amide bonds. The van der Waals surface area contributed by atoms with Crippen LogP contribution in [-0.2, 0) is 33.7 Å². The molecule has 0 bridgehead atoms. The van der Waals surface area contributed by atoms with Gasteiger partial charge in [-0.2, -0.15) is 5.10 Å². The molecule has 1 aliphatic heterocycles. The van der Waals surface area contributed by atoms with Crippen molar-refractivity contribution >= 4 is 12.2 Å². The second-order valence-electron chi connectivity index (χ2n) is 10.4. The Labute approximate surface area is 228 Å². The zero-order valence-corrected chi connectivity index (χ0v) is 22.8. The zero-order chi connectivity index (χ0) is 27.8. The van der Waals surface area contributed by atoms with Crippen molar-refractivity contribution in [1.29, 1.82) is 0 Å². The number of hydrogen-bond acceptors (Lipinski definition) is 8. The minimum atomic E-state index is -0.802. The molecule has 3 aromatic rings. The molecule has 0 aliphatic carbocycles. The third-order valence-corrected chi connectivity index (χ3v) is 6.20. The van der Waals surface area contributed by atoms with Gasteiger partial charge >= 0.3 is 12.2 Å². The Morgan fingerprint density at radius 1 is 1.03 bits per heavy atom. The molecule has 2 N–H and O–H groups in total. The maximum Gasteiger partial charge on any atom is 0.509 e. The van der Waals surface area contributed by atoms with Gasteiger partial charge in [-0.25, -0.2) is 9.59 Å². The van der Waals surface area contributed by atoms with Crippen LogP contribution in [0, 0.1) is 0 Å². The van der Waals surface area contributed by atoms with Crippen LogP contribution in [0.4, 0.5) is 9.59 Å². The van der Waals surface area contributed by atoms with Gasteiger partial charge in [0.25, 0.3) is 0 Å². The Balaban J connectivity index is 1.37. The predicted octanol–water partition coefficient (Wildman–Crippen LogP) is 4.07. The van der Waals surface area contributed by atoms with Gasteiger partial charge in [0, 0.05) is 25.5 Å². The topological polar surface area (TPSA) is 113 Å². The summed E-state index contributed by atoms with van der Waals surface area (Å²) in [7, 11) is 1.62. The summed E-state index contributed by atoms with van der Waals surface area (Å²) in [5, 5.41) is 10.4. The van der Waals surface area contributed by atoms with E-state index >= 15 is 0 Å². The van der Waals surface area contributed by atoms with Crippen LogP contribution in [0.2, 0.25) is 0 Å². The van der Waals surface area contributed by atoms with Crippen molar-refractivity contribution < 1.29 is 28.5 Å². The fourth-order valence-corrected chi connectivity index (χ4v) is 4.31. The maximum absolute atomic E-state index is 12.8. The Bertz CT molecular complexity index is 1210. The molecule has 208 valence electrons. The molecular formula is C29H36N4O6. The van der Waals surface area contributed by atoms with Gasteiger partial charge in [-0.15, -0.1) is 0 Å². The van der Waals surface area contributed by atoms with Gasteiger partial charge in [0.05, 0.1) is 19.7 Å². The molecule has 0 radical (unpaired) electrons. The van der Waals surface area contributed by atoms with E-state index in [1.54, 1.807) is 34.1 Å². The van der Waals surface area contributed by atoms with Crippen molar-refractivity contribution in [3.05, 3.63) is 83.7 Å². The Hall–Kier alpha value is -4.05. The first-order valence-electron chi connectivity index (χ1n) is 12.9. The summed E-state index contributed by atoms with van der Waals surface area (Å²) >= 11 is 0. The van der Waals surface area contributed by atoms with Crippen molar-refractivity contribution in [1.82, 2.24) is 20.4 Å². The largest absolute Gasteiger partial charge is 0.509 e. The molecule has 0 spiro atoms. The van der Waals surface area contributed by atoms with Crippen LogP contribution in [0.3, 0.4) is 0 Å². The molecule has 1 aliphatic rings. The summed E-state index contributed by atoms with van der Waals surface area (Å²) in [4.78, 5) is 25.2. The van der Waals surface area contributed by atoms with Crippen LogP contribution in [0.25, 0.3) is 0 Å². The average Bonchev–Trinajstić information content (AvgIpc) is 3.53. The summed E-state index contributed by atoms with van der Waals surface area (Å²) in [6.45, 7) is 6.58. The maximum atomic E-state index is 12.8. The van der Waals surface area contributed by atoms with Gasteiger partial charge < -0.3 is 29.6 Å². The lowest BCUT2D eigenvalue weighted by molar-refractivity contribution is -0.0518. The number of benzene rings is 2. The highest BCUT2D eigenvalue weighted by Crippen LogP contribution is 2.22. The molecule has 39 heavy (non-hydrogen) atoms. The number of hydrogen-bond donors (Lipinski definition) is 2. The molecule has 10 heteroatoms. The van der Waals surface area contributed by atoms with Crippen molar-refractivity contribution in [2.45, 2.75) is 64.1 Å².